The summed E-state index contributed by atoms with van der Waals surface area (Å²) in [6, 6.07) is 8.13. The van der Waals surface area contributed by atoms with Gasteiger partial charge in [-0.1, -0.05) is 6.07 Å². The third-order valence-electron chi connectivity index (χ3n) is 4.96. The predicted molar refractivity (Wildman–Crippen MR) is 101 cm³/mol. The smallest absolute Gasteiger partial charge is 0.216 e. The summed E-state index contributed by atoms with van der Waals surface area (Å²) in [5, 5.41) is 0. The van der Waals surface area contributed by atoms with Crippen molar-refractivity contribution in [2.75, 3.05) is 0 Å². The van der Waals surface area contributed by atoms with E-state index in [1.165, 1.54) is 5.69 Å². The van der Waals surface area contributed by atoms with Gasteiger partial charge in [0.2, 0.25) is 10.0 Å². The maximum Gasteiger partial charge on any atom is 0.216 e. The molecule has 2 heterocycles. The molecule has 0 saturated heterocycles. The fourth-order valence-corrected chi connectivity index (χ4v) is 4.28. The molecule has 0 bridgehead atoms. The topological polar surface area (TPSA) is 74.8 Å². The second-order valence-electron chi connectivity index (χ2n) is 7.84. The van der Waals surface area contributed by atoms with Gasteiger partial charge in [0.25, 0.3) is 0 Å². The van der Waals surface area contributed by atoms with Crippen LogP contribution in [0.5, 0.6) is 0 Å². The van der Waals surface area contributed by atoms with Crippen molar-refractivity contribution in [1.29, 1.82) is 0 Å². The van der Waals surface area contributed by atoms with E-state index in [9.17, 15) is 8.42 Å². The van der Waals surface area contributed by atoms with Crippen molar-refractivity contribution in [3.63, 3.8) is 0 Å². The van der Waals surface area contributed by atoms with E-state index in [1.54, 1.807) is 27.0 Å². The maximum absolute atomic E-state index is 12.3. The summed E-state index contributed by atoms with van der Waals surface area (Å²) in [4.78, 5) is 7.77. The Morgan fingerprint density at radius 2 is 1.88 bits per heavy atom. The Morgan fingerprint density at radius 3 is 2.48 bits per heavy atom. The molecule has 2 N–H and O–H groups in total. The van der Waals surface area contributed by atoms with Gasteiger partial charge in [0.1, 0.15) is 0 Å². The molecule has 0 atom stereocenters. The van der Waals surface area contributed by atoms with Crippen LogP contribution in [0.1, 0.15) is 58.1 Å². The normalized spacial score (nSPS) is 22.0. The lowest BCUT2D eigenvalue weighted by Crippen LogP contribution is -2.45. The summed E-state index contributed by atoms with van der Waals surface area (Å²) in [6.07, 6.45) is 7.52. The highest BCUT2D eigenvalue weighted by atomic mass is 32.2. The summed E-state index contributed by atoms with van der Waals surface area (Å²) in [7, 11) is -3.28. The number of H-pyrrole nitrogens is 1. The van der Waals surface area contributed by atoms with Crippen LogP contribution in [0.3, 0.4) is 0 Å². The van der Waals surface area contributed by atoms with Crippen molar-refractivity contribution < 1.29 is 8.42 Å². The molecule has 1 fully saturated rings. The van der Waals surface area contributed by atoms with Crippen molar-refractivity contribution in [2.24, 2.45) is 0 Å². The monoisotopic (exact) mass is 361 g/mol. The number of nitrogens with one attached hydrogen (secondary N) is 2. The summed E-state index contributed by atoms with van der Waals surface area (Å²) in [5.41, 5.74) is 3.29. The molecule has 1 saturated carbocycles. The standard InChI is InChI=1S/C19H27N3O2S/c1-19(2,3)25(23,24)22-16-9-7-14(8-10-16)18-12-15(13-21-18)17-6-4-5-11-20-17/h4-6,11-14,16,21-22H,7-10H2,1-3H3. The van der Waals surface area contributed by atoms with Gasteiger partial charge in [-0.2, -0.15) is 0 Å². The molecule has 5 nitrogen and oxygen atoms in total. The van der Waals surface area contributed by atoms with E-state index < -0.39 is 14.8 Å². The maximum atomic E-state index is 12.3. The highest BCUT2D eigenvalue weighted by Crippen LogP contribution is 2.34. The highest BCUT2D eigenvalue weighted by Gasteiger charge is 2.33. The first kappa shape index (κ1) is 18.1. The lowest BCUT2D eigenvalue weighted by molar-refractivity contribution is 0.368. The number of sulfonamides is 1. The number of hydrogen-bond acceptors (Lipinski definition) is 3. The summed E-state index contributed by atoms with van der Waals surface area (Å²) in [6.45, 7) is 5.21. The molecule has 1 aliphatic carbocycles. The minimum Gasteiger partial charge on any atom is -0.364 e. The van der Waals surface area contributed by atoms with Crippen molar-refractivity contribution in [1.82, 2.24) is 14.7 Å². The molecular formula is C19H27N3O2S. The molecule has 0 spiro atoms. The van der Waals surface area contributed by atoms with E-state index in [0.717, 1.165) is 36.9 Å². The Labute approximate surface area is 150 Å². The average molecular weight is 362 g/mol. The fourth-order valence-electron chi connectivity index (χ4n) is 3.25. The Bertz CT molecular complexity index is 799. The zero-order valence-corrected chi connectivity index (χ0v) is 15.9. The number of hydrogen-bond donors (Lipinski definition) is 2. The third-order valence-corrected chi connectivity index (χ3v) is 7.22. The van der Waals surface area contributed by atoms with Gasteiger partial charge in [-0.3, -0.25) is 4.98 Å². The number of nitrogens with zero attached hydrogens (tertiary/aromatic N) is 1. The Kier molecular flexibility index (Phi) is 5.02. The third kappa shape index (κ3) is 4.12. The van der Waals surface area contributed by atoms with E-state index in [-0.39, 0.29) is 6.04 Å². The van der Waals surface area contributed by atoms with Crippen LogP contribution in [0.25, 0.3) is 11.3 Å². The molecule has 0 aliphatic heterocycles. The van der Waals surface area contributed by atoms with Gasteiger partial charge in [0.05, 0.1) is 10.4 Å². The second-order valence-corrected chi connectivity index (χ2v) is 10.3. The molecule has 1 aliphatic rings. The minimum atomic E-state index is -3.28. The molecule has 2 aromatic heterocycles. The molecular weight excluding hydrogens is 334 g/mol. The molecule has 0 unspecified atom stereocenters. The highest BCUT2D eigenvalue weighted by molar-refractivity contribution is 7.90. The number of pyridine rings is 1. The lowest BCUT2D eigenvalue weighted by Gasteiger charge is -2.31. The molecule has 25 heavy (non-hydrogen) atoms. The van der Waals surface area contributed by atoms with Gasteiger partial charge in [0.15, 0.2) is 0 Å². The second kappa shape index (κ2) is 6.92. The first-order valence-electron chi connectivity index (χ1n) is 8.88. The molecule has 0 aromatic carbocycles. The van der Waals surface area contributed by atoms with Crippen LogP contribution < -0.4 is 4.72 Å². The molecule has 0 amide bonds. The summed E-state index contributed by atoms with van der Waals surface area (Å²) >= 11 is 0. The van der Waals surface area contributed by atoms with Crippen LogP contribution in [0.2, 0.25) is 0 Å². The Balaban J connectivity index is 1.61. The predicted octanol–water partition coefficient (Wildman–Crippen LogP) is 3.82. The van der Waals surface area contributed by atoms with Crippen LogP contribution in [0.15, 0.2) is 36.7 Å². The Hall–Kier alpha value is -1.66. The first-order chi connectivity index (χ1) is 11.8. The molecule has 136 valence electrons. The first-order valence-corrected chi connectivity index (χ1v) is 10.4. The van der Waals surface area contributed by atoms with Crippen molar-refractivity contribution in [3.05, 3.63) is 42.4 Å². The van der Waals surface area contributed by atoms with E-state index in [1.807, 2.05) is 24.4 Å². The van der Waals surface area contributed by atoms with E-state index in [2.05, 4.69) is 20.8 Å². The minimum absolute atomic E-state index is 0.0469. The number of aromatic amines is 1. The van der Waals surface area contributed by atoms with Gasteiger partial charge < -0.3 is 4.98 Å². The number of aromatic nitrogens is 2. The van der Waals surface area contributed by atoms with Crippen molar-refractivity contribution in [3.8, 4) is 11.3 Å². The van der Waals surface area contributed by atoms with Gasteiger partial charge in [-0.05, 0) is 70.6 Å². The largest absolute Gasteiger partial charge is 0.364 e. The van der Waals surface area contributed by atoms with Gasteiger partial charge in [-0.25, -0.2) is 13.1 Å². The van der Waals surface area contributed by atoms with Gasteiger partial charge >= 0.3 is 0 Å². The van der Waals surface area contributed by atoms with Crippen LogP contribution in [0, 0.1) is 0 Å². The molecule has 0 radical (unpaired) electrons. The zero-order chi connectivity index (χ0) is 18.1. The molecule has 3 rings (SSSR count). The number of rotatable bonds is 4. The van der Waals surface area contributed by atoms with E-state index in [4.69, 9.17) is 0 Å². The lowest BCUT2D eigenvalue weighted by atomic mass is 9.84. The Morgan fingerprint density at radius 1 is 1.16 bits per heavy atom. The average Bonchev–Trinajstić information content (AvgIpc) is 3.05. The van der Waals surface area contributed by atoms with Crippen LogP contribution in [-0.2, 0) is 10.0 Å². The quantitative estimate of drug-likeness (QED) is 0.869. The molecule has 6 heteroatoms. The van der Waals surface area contributed by atoms with Gasteiger partial charge in [0, 0.05) is 29.7 Å². The fraction of sp³-hybridized carbons (Fsp3) is 0.526. The van der Waals surface area contributed by atoms with Crippen LogP contribution >= 0.6 is 0 Å². The van der Waals surface area contributed by atoms with Crippen molar-refractivity contribution in [2.45, 2.75) is 63.2 Å². The summed E-state index contributed by atoms with van der Waals surface area (Å²) < 4.78 is 26.7. The van der Waals surface area contributed by atoms with Gasteiger partial charge in [-0.15, -0.1) is 0 Å². The summed E-state index contributed by atoms with van der Waals surface area (Å²) in [5.74, 6) is 0.452. The molecule has 2 aromatic rings. The SMILES string of the molecule is CC(C)(C)S(=O)(=O)NC1CCC(c2cc(-c3ccccn3)c[nH]2)CC1. The van der Waals surface area contributed by atoms with E-state index >= 15 is 0 Å². The van der Waals surface area contributed by atoms with E-state index in [0.29, 0.717) is 5.92 Å². The van der Waals surface area contributed by atoms with Crippen LogP contribution in [0.4, 0.5) is 0 Å². The van der Waals surface area contributed by atoms with Crippen molar-refractivity contribution >= 4 is 10.0 Å². The van der Waals surface area contributed by atoms with Crippen LogP contribution in [-0.4, -0.2) is 29.2 Å². The zero-order valence-electron chi connectivity index (χ0n) is 15.1.